The average Bonchev–Trinajstić information content (AvgIpc) is 3.08. The summed E-state index contributed by atoms with van der Waals surface area (Å²) in [4.78, 5) is 4.32. The summed E-state index contributed by atoms with van der Waals surface area (Å²) in [5.41, 5.74) is 4.70. The molecule has 0 radical (unpaired) electrons. The minimum Gasteiger partial charge on any atom is -0.443 e. The first-order valence-corrected chi connectivity index (χ1v) is 6.47. The van der Waals surface area contributed by atoms with E-state index in [1.54, 1.807) is 0 Å². The van der Waals surface area contributed by atoms with Crippen molar-refractivity contribution in [2.45, 2.75) is 39.3 Å². The quantitative estimate of drug-likeness (QED) is 0.894. The van der Waals surface area contributed by atoms with Gasteiger partial charge in [0.15, 0.2) is 12.2 Å². The van der Waals surface area contributed by atoms with Crippen molar-refractivity contribution in [1.29, 1.82) is 0 Å². The van der Waals surface area contributed by atoms with Gasteiger partial charge in [0.05, 0.1) is 0 Å². The van der Waals surface area contributed by atoms with Crippen molar-refractivity contribution in [2.75, 3.05) is 0 Å². The molecule has 3 nitrogen and oxygen atoms in total. The van der Waals surface area contributed by atoms with Crippen LogP contribution in [0.25, 0.3) is 11.3 Å². The maximum atomic E-state index is 5.55. The summed E-state index contributed by atoms with van der Waals surface area (Å²) in [5.74, 6) is 0.895. The number of benzene rings is 1. The van der Waals surface area contributed by atoms with Crippen LogP contribution in [0, 0.1) is 13.8 Å². The molecule has 1 saturated carbocycles. The third kappa shape index (κ3) is 2.31. The van der Waals surface area contributed by atoms with Gasteiger partial charge in [-0.15, -0.1) is 0 Å². The van der Waals surface area contributed by atoms with Crippen LogP contribution in [-0.4, -0.2) is 11.0 Å². The van der Waals surface area contributed by atoms with Gasteiger partial charge in [-0.2, -0.15) is 0 Å². The van der Waals surface area contributed by atoms with E-state index in [9.17, 15) is 0 Å². The number of nitrogens with one attached hydrogen (secondary N) is 1. The van der Waals surface area contributed by atoms with Gasteiger partial charge in [0.25, 0.3) is 0 Å². The van der Waals surface area contributed by atoms with Gasteiger partial charge in [-0.25, -0.2) is 4.98 Å². The van der Waals surface area contributed by atoms with Gasteiger partial charge < -0.3 is 9.73 Å². The smallest absolute Gasteiger partial charge is 0.181 e. The summed E-state index contributed by atoms with van der Waals surface area (Å²) in [6.45, 7) is 5.04. The highest BCUT2D eigenvalue weighted by Gasteiger charge is 2.21. The summed E-state index contributed by atoms with van der Waals surface area (Å²) in [6, 6.07) is 7.08. The highest BCUT2D eigenvalue weighted by molar-refractivity contribution is 5.61. The molecule has 3 heteroatoms. The highest BCUT2D eigenvalue weighted by atomic mass is 16.3. The molecule has 0 spiro atoms. The Hall–Kier alpha value is -1.61. The van der Waals surface area contributed by atoms with Crippen LogP contribution in [0.2, 0.25) is 0 Å². The van der Waals surface area contributed by atoms with E-state index in [2.05, 4.69) is 42.3 Å². The lowest BCUT2D eigenvalue weighted by Gasteiger charge is -2.05. The number of nitrogens with zero attached hydrogens (tertiary/aromatic N) is 1. The Bertz CT molecular complexity index is 555. The fraction of sp³-hybridized carbons (Fsp3) is 0.400. The zero-order chi connectivity index (χ0) is 12.5. The van der Waals surface area contributed by atoms with Gasteiger partial charge in [0.2, 0.25) is 0 Å². The molecule has 18 heavy (non-hydrogen) atoms. The normalized spacial score (nSPS) is 15.0. The standard InChI is InChI=1S/C15H18N2O/c1-10-3-4-12(7-11(10)2)15-14(17-9-18-15)8-16-13-5-6-13/h3-4,7,9,13,16H,5-6,8H2,1-2H3. The third-order valence-corrected chi connectivity index (χ3v) is 3.55. The second kappa shape index (κ2) is 4.58. The van der Waals surface area contributed by atoms with Crippen LogP contribution in [0.15, 0.2) is 29.0 Å². The van der Waals surface area contributed by atoms with Gasteiger partial charge >= 0.3 is 0 Å². The fourth-order valence-corrected chi connectivity index (χ4v) is 2.04. The van der Waals surface area contributed by atoms with Crippen molar-refractivity contribution >= 4 is 0 Å². The third-order valence-electron chi connectivity index (χ3n) is 3.55. The molecule has 3 rings (SSSR count). The lowest BCUT2D eigenvalue weighted by molar-refractivity contribution is 0.569. The van der Waals surface area contributed by atoms with E-state index in [-0.39, 0.29) is 0 Å². The minimum absolute atomic E-state index is 0.689. The summed E-state index contributed by atoms with van der Waals surface area (Å²) < 4.78 is 5.55. The maximum absolute atomic E-state index is 5.55. The number of aromatic nitrogens is 1. The number of oxazole rings is 1. The highest BCUT2D eigenvalue weighted by Crippen LogP contribution is 2.26. The Balaban J connectivity index is 1.85. The molecule has 1 aliphatic rings. The molecule has 0 aliphatic heterocycles. The van der Waals surface area contributed by atoms with E-state index in [1.165, 1.54) is 30.4 Å². The van der Waals surface area contributed by atoms with Crippen LogP contribution in [0.3, 0.4) is 0 Å². The van der Waals surface area contributed by atoms with Gasteiger partial charge in [-0.05, 0) is 43.9 Å². The second-order valence-corrected chi connectivity index (χ2v) is 5.08. The molecule has 1 heterocycles. The molecule has 1 fully saturated rings. The zero-order valence-electron chi connectivity index (χ0n) is 10.9. The van der Waals surface area contributed by atoms with Crippen LogP contribution in [0.1, 0.15) is 29.7 Å². The Morgan fingerprint density at radius 1 is 1.28 bits per heavy atom. The molecule has 0 unspecified atom stereocenters. The molecule has 0 bridgehead atoms. The van der Waals surface area contributed by atoms with Gasteiger partial charge in [0, 0.05) is 18.2 Å². The topological polar surface area (TPSA) is 38.1 Å². The Morgan fingerprint density at radius 2 is 2.11 bits per heavy atom. The molecular formula is C15H18N2O. The molecule has 94 valence electrons. The fourth-order valence-electron chi connectivity index (χ4n) is 2.04. The van der Waals surface area contributed by atoms with E-state index < -0.39 is 0 Å². The maximum Gasteiger partial charge on any atom is 0.181 e. The molecule has 1 aromatic carbocycles. The average molecular weight is 242 g/mol. The van der Waals surface area contributed by atoms with Gasteiger partial charge in [-0.3, -0.25) is 0 Å². The monoisotopic (exact) mass is 242 g/mol. The number of rotatable bonds is 4. The Labute approximate surface area is 107 Å². The van der Waals surface area contributed by atoms with Crippen LogP contribution < -0.4 is 5.32 Å². The second-order valence-electron chi connectivity index (χ2n) is 5.08. The van der Waals surface area contributed by atoms with Crippen molar-refractivity contribution in [3.63, 3.8) is 0 Å². The predicted molar refractivity (Wildman–Crippen MR) is 71.3 cm³/mol. The molecule has 1 aromatic heterocycles. The lowest BCUT2D eigenvalue weighted by Crippen LogP contribution is -2.15. The van der Waals surface area contributed by atoms with E-state index in [0.29, 0.717) is 6.04 Å². The summed E-state index contributed by atoms with van der Waals surface area (Å²) >= 11 is 0. The summed E-state index contributed by atoms with van der Waals surface area (Å²) in [7, 11) is 0. The lowest BCUT2D eigenvalue weighted by atomic mass is 10.0. The van der Waals surface area contributed by atoms with Gasteiger partial charge in [0.1, 0.15) is 5.69 Å². The van der Waals surface area contributed by atoms with Gasteiger partial charge in [-0.1, -0.05) is 12.1 Å². The van der Waals surface area contributed by atoms with Crippen molar-refractivity contribution in [2.24, 2.45) is 0 Å². The number of hydrogen-bond acceptors (Lipinski definition) is 3. The van der Waals surface area contributed by atoms with Crippen molar-refractivity contribution in [3.8, 4) is 11.3 Å². The van der Waals surface area contributed by atoms with Crippen molar-refractivity contribution in [1.82, 2.24) is 10.3 Å². The molecular weight excluding hydrogens is 224 g/mol. The molecule has 1 N–H and O–H groups in total. The van der Waals surface area contributed by atoms with Crippen LogP contribution >= 0.6 is 0 Å². The first-order valence-electron chi connectivity index (χ1n) is 6.47. The van der Waals surface area contributed by atoms with Crippen LogP contribution in [0.5, 0.6) is 0 Å². The number of hydrogen-bond donors (Lipinski definition) is 1. The minimum atomic E-state index is 0.689. The Kier molecular flexibility index (Phi) is 2.92. The zero-order valence-corrected chi connectivity index (χ0v) is 10.9. The van der Waals surface area contributed by atoms with Crippen LogP contribution in [0.4, 0.5) is 0 Å². The van der Waals surface area contributed by atoms with E-state index >= 15 is 0 Å². The summed E-state index contributed by atoms with van der Waals surface area (Å²) in [5, 5.41) is 3.47. The first-order chi connectivity index (χ1) is 8.74. The van der Waals surface area contributed by atoms with E-state index in [1.807, 2.05) is 0 Å². The largest absolute Gasteiger partial charge is 0.443 e. The van der Waals surface area contributed by atoms with Crippen molar-refractivity contribution < 1.29 is 4.42 Å². The number of aryl methyl sites for hydroxylation is 2. The first kappa shape index (κ1) is 11.5. The Morgan fingerprint density at radius 3 is 2.83 bits per heavy atom. The molecule has 0 atom stereocenters. The molecule has 0 saturated heterocycles. The van der Waals surface area contributed by atoms with E-state index in [0.717, 1.165) is 23.6 Å². The molecule has 2 aromatic rings. The predicted octanol–water partition coefficient (Wildman–Crippen LogP) is 3.21. The molecule has 1 aliphatic carbocycles. The summed E-state index contributed by atoms with van der Waals surface area (Å²) in [6.07, 6.45) is 4.11. The SMILES string of the molecule is Cc1ccc(-c2ocnc2CNC2CC2)cc1C. The van der Waals surface area contributed by atoms with E-state index in [4.69, 9.17) is 4.42 Å². The van der Waals surface area contributed by atoms with Crippen molar-refractivity contribution in [3.05, 3.63) is 41.4 Å². The molecule has 0 amide bonds. The van der Waals surface area contributed by atoms with Crippen LogP contribution in [-0.2, 0) is 6.54 Å².